The monoisotopic (exact) mass is 355 g/mol. The van der Waals surface area contributed by atoms with Crippen LogP contribution in [0.15, 0.2) is 36.7 Å². The maximum atomic E-state index is 12.4. The molecule has 1 unspecified atom stereocenters. The molecule has 3 rings (SSSR count). The molecule has 1 aromatic carbocycles. The van der Waals surface area contributed by atoms with Crippen LogP contribution in [0.1, 0.15) is 30.3 Å². The number of carbonyl (C=O) groups excluding carboxylic acids is 2. The summed E-state index contributed by atoms with van der Waals surface area (Å²) in [7, 11) is 0. The standard InChI is InChI=1S/C18H21N5O3/c1-12(24)22-13-4-2-5-14(8-13)23-18(25)16-9-17(21-11-20-16)19-10-15-6-3-7-26-15/h2,4-5,8-9,11,15H,3,6-7,10H2,1H3,(H,22,24)(H,23,25)(H,19,20,21). The van der Waals surface area contributed by atoms with Gasteiger partial charge < -0.3 is 20.7 Å². The molecule has 2 heterocycles. The number of rotatable bonds is 6. The number of aromatic nitrogens is 2. The summed E-state index contributed by atoms with van der Waals surface area (Å²) in [6.45, 7) is 2.87. The normalized spacial score (nSPS) is 16.1. The summed E-state index contributed by atoms with van der Waals surface area (Å²) in [5, 5.41) is 8.61. The van der Waals surface area contributed by atoms with Crippen molar-refractivity contribution in [3.8, 4) is 0 Å². The van der Waals surface area contributed by atoms with Crippen molar-refractivity contribution >= 4 is 29.0 Å². The Kier molecular flexibility index (Phi) is 5.75. The van der Waals surface area contributed by atoms with E-state index in [-0.39, 0.29) is 23.6 Å². The van der Waals surface area contributed by atoms with Crippen molar-refractivity contribution in [1.82, 2.24) is 9.97 Å². The Hall–Kier alpha value is -3.00. The summed E-state index contributed by atoms with van der Waals surface area (Å²) in [4.78, 5) is 31.7. The van der Waals surface area contributed by atoms with Gasteiger partial charge in [0, 0.05) is 37.5 Å². The molecule has 2 aromatic rings. The van der Waals surface area contributed by atoms with Crippen LogP contribution in [0.2, 0.25) is 0 Å². The van der Waals surface area contributed by atoms with Gasteiger partial charge in [-0.2, -0.15) is 0 Å². The number of hydrogen-bond donors (Lipinski definition) is 3. The first-order valence-electron chi connectivity index (χ1n) is 8.47. The lowest BCUT2D eigenvalue weighted by atomic mass is 10.2. The summed E-state index contributed by atoms with van der Waals surface area (Å²) in [6, 6.07) is 8.50. The molecule has 0 aliphatic carbocycles. The van der Waals surface area contributed by atoms with Crippen LogP contribution in [-0.2, 0) is 9.53 Å². The quantitative estimate of drug-likeness (QED) is 0.734. The van der Waals surface area contributed by atoms with E-state index in [1.165, 1.54) is 13.3 Å². The Balaban J connectivity index is 1.62. The summed E-state index contributed by atoms with van der Waals surface area (Å²) in [6.07, 6.45) is 3.62. The fraction of sp³-hybridized carbons (Fsp3) is 0.333. The summed E-state index contributed by atoms with van der Waals surface area (Å²) in [5.41, 5.74) is 1.42. The average molecular weight is 355 g/mol. The Bertz CT molecular complexity index is 790. The molecule has 3 N–H and O–H groups in total. The Labute approximate surface area is 151 Å². The van der Waals surface area contributed by atoms with Gasteiger partial charge in [0.25, 0.3) is 5.91 Å². The molecule has 0 bridgehead atoms. The first-order valence-corrected chi connectivity index (χ1v) is 8.47. The zero-order chi connectivity index (χ0) is 18.4. The van der Waals surface area contributed by atoms with E-state index in [9.17, 15) is 9.59 Å². The molecular formula is C18H21N5O3. The predicted molar refractivity (Wildman–Crippen MR) is 98.2 cm³/mol. The average Bonchev–Trinajstić information content (AvgIpc) is 3.13. The Morgan fingerprint density at radius 1 is 1.19 bits per heavy atom. The SMILES string of the molecule is CC(=O)Nc1cccc(NC(=O)c2cc(NCC3CCCO3)ncn2)c1. The molecule has 26 heavy (non-hydrogen) atoms. The van der Waals surface area contributed by atoms with Crippen LogP contribution in [0, 0.1) is 0 Å². The Morgan fingerprint density at radius 2 is 2.00 bits per heavy atom. The van der Waals surface area contributed by atoms with Crippen LogP contribution in [0.25, 0.3) is 0 Å². The molecule has 136 valence electrons. The summed E-state index contributed by atoms with van der Waals surface area (Å²) < 4.78 is 5.55. The number of ether oxygens (including phenoxy) is 1. The molecule has 1 aliphatic heterocycles. The van der Waals surface area contributed by atoms with Gasteiger partial charge in [-0.15, -0.1) is 0 Å². The smallest absolute Gasteiger partial charge is 0.274 e. The van der Waals surface area contributed by atoms with Crippen molar-refractivity contribution in [2.24, 2.45) is 0 Å². The molecule has 1 aliphatic rings. The second-order valence-electron chi connectivity index (χ2n) is 6.02. The van der Waals surface area contributed by atoms with Crippen LogP contribution in [0.5, 0.6) is 0 Å². The van der Waals surface area contributed by atoms with Gasteiger partial charge in [0.05, 0.1) is 6.10 Å². The van der Waals surface area contributed by atoms with Gasteiger partial charge in [-0.25, -0.2) is 9.97 Å². The van der Waals surface area contributed by atoms with Crippen LogP contribution in [0.4, 0.5) is 17.2 Å². The highest BCUT2D eigenvalue weighted by atomic mass is 16.5. The maximum Gasteiger partial charge on any atom is 0.274 e. The molecule has 8 heteroatoms. The third kappa shape index (κ3) is 5.00. The number of hydrogen-bond acceptors (Lipinski definition) is 6. The van der Waals surface area contributed by atoms with Crippen LogP contribution >= 0.6 is 0 Å². The highest BCUT2D eigenvalue weighted by molar-refractivity contribution is 6.03. The van der Waals surface area contributed by atoms with Crippen molar-refractivity contribution < 1.29 is 14.3 Å². The number of amides is 2. The highest BCUT2D eigenvalue weighted by Gasteiger charge is 2.16. The molecule has 1 saturated heterocycles. The molecule has 2 amide bonds. The van der Waals surface area contributed by atoms with E-state index < -0.39 is 0 Å². The Morgan fingerprint density at radius 3 is 2.73 bits per heavy atom. The second kappa shape index (κ2) is 8.39. The minimum atomic E-state index is -0.354. The molecule has 1 atom stereocenters. The molecule has 1 aromatic heterocycles. The number of nitrogens with zero attached hydrogens (tertiary/aromatic N) is 2. The highest BCUT2D eigenvalue weighted by Crippen LogP contribution is 2.17. The van der Waals surface area contributed by atoms with Crippen molar-refractivity contribution in [2.45, 2.75) is 25.9 Å². The molecule has 0 saturated carbocycles. The van der Waals surface area contributed by atoms with Crippen LogP contribution in [0.3, 0.4) is 0 Å². The number of benzene rings is 1. The number of anilines is 3. The van der Waals surface area contributed by atoms with E-state index in [1.54, 1.807) is 30.3 Å². The molecule has 8 nitrogen and oxygen atoms in total. The van der Waals surface area contributed by atoms with Crippen molar-refractivity contribution in [3.05, 3.63) is 42.4 Å². The van der Waals surface area contributed by atoms with Gasteiger partial charge >= 0.3 is 0 Å². The van der Waals surface area contributed by atoms with Crippen molar-refractivity contribution in [1.29, 1.82) is 0 Å². The number of carbonyl (C=O) groups is 2. The maximum absolute atomic E-state index is 12.4. The van der Waals surface area contributed by atoms with Crippen molar-refractivity contribution in [3.63, 3.8) is 0 Å². The van der Waals surface area contributed by atoms with E-state index in [4.69, 9.17) is 4.74 Å². The first kappa shape index (κ1) is 17.8. The molecular weight excluding hydrogens is 334 g/mol. The minimum Gasteiger partial charge on any atom is -0.376 e. The number of nitrogens with one attached hydrogen (secondary N) is 3. The zero-order valence-electron chi connectivity index (χ0n) is 14.5. The van der Waals surface area contributed by atoms with Gasteiger partial charge in [0.15, 0.2) is 0 Å². The van der Waals surface area contributed by atoms with Crippen molar-refractivity contribution in [2.75, 3.05) is 29.1 Å². The molecule has 0 spiro atoms. The van der Waals surface area contributed by atoms with E-state index >= 15 is 0 Å². The third-order valence-corrected chi connectivity index (χ3v) is 3.88. The lowest BCUT2D eigenvalue weighted by molar-refractivity contribution is -0.114. The topological polar surface area (TPSA) is 105 Å². The summed E-state index contributed by atoms with van der Waals surface area (Å²) >= 11 is 0. The summed E-state index contributed by atoms with van der Waals surface area (Å²) in [5.74, 6) is 0.0476. The first-order chi connectivity index (χ1) is 12.6. The van der Waals surface area contributed by atoms with Crippen LogP contribution < -0.4 is 16.0 Å². The van der Waals surface area contributed by atoms with Gasteiger partial charge in [-0.1, -0.05) is 6.07 Å². The van der Waals surface area contributed by atoms with E-state index in [2.05, 4.69) is 25.9 Å². The van der Waals surface area contributed by atoms with Gasteiger partial charge in [0.1, 0.15) is 17.8 Å². The molecule has 0 radical (unpaired) electrons. The second-order valence-corrected chi connectivity index (χ2v) is 6.02. The predicted octanol–water partition coefficient (Wildman–Crippen LogP) is 2.28. The van der Waals surface area contributed by atoms with E-state index in [1.807, 2.05) is 0 Å². The molecule has 1 fully saturated rings. The van der Waals surface area contributed by atoms with E-state index in [0.29, 0.717) is 23.7 Å². The van der Waals surface area contributed by atoms with Gasteiger partial charge in [-0.3, -0.25) is 9.59 Å². The van der Waals surface area contributed by atoms with Gasteiger partial charge in [0.2, 0.25) is 5.91 Å². The van der Waals surface area contributed by atoms with Crippen LogP contribution in [-0.4, -0.2) is 41.0 Å². The lowest BCUT2D eigenvalue weighted by Gasteiger charge is -2.12. The van der Waals surface area contributed by atoms with E-state index in [0.717, 1.165) is 19.4 Å². The third-order valence-electron chi connectivity index (χ3n) is 3.88. The largest absolute Gasteiger partial charge is 0.376 e. The fourth-order valence-corrected chi connectivity index (χ4v) is 2.67. The minimum absolute atomic E-state index is 0.175. The lowest BCUT2D eigenvalue weighted by Crippen LogP contribution is -2.20. The van der Waals surface area contributed by atoms with Gasteiger partial charge in [-0.05, 0) is 31.0 Å². The fourth-order valence-electron chi connectivity index (χ4n) is 2.67. The zero-order valence-corrected chi connectivity index (χ0v) is 14.5.